The molecular weight excluding hydrogens is 224 g/mol. The smallest absolute Gasteiger partial charge is 0.0706 e. The van der Waals surface area contributed by atoms with E-state index in [0.29, 0.717) is 0 Å². The fourth-order valence-electron chi connectivity index (χ4n) is 0.503. The van der Waals surface area contributed by atoms with Gasteiger partial charge in [0.2, 0.25) is 0 Å². The van der Waals surface area contributed by atoms with Crippen LogP contribution >= 0.6 is 43.2 Å². The predicted molar refractivity (Wildman–Crippen MR) is 70.1 cm³/mol. The van der Waals surface area contributed by atoms with E-state index in [9.17, 15) is 0 Å². The Morgan fingerprint density at radius 2 is 1.67 bits per heavy atom. The van der Waals surface area contributed by atoms with Crippen LogP contribution in [0.2, 0.25) is 0 Å². The molecule has 0 bridgehead atoms. The SMILES string of the molecule is CCCSSC(CC)SSCC. The molecule has 4 heteroatoms. The van der Waals surface area contributed by atoms with Gasteiger partial charge >= 0.3 is 0 Å². The summed E-state index contributed by atoms with van der Waals surface area (Å²) in [7, 11) is 8.08. The Bertz CT molecular complexity index is 87.1. The average molecular weight is 242 g/mol. The molecule has 0 aromatic carbocycles. The zero-order valence-electron chi connectivity index (χ0n) is 8.04. The van der Waals surface area contributed by atoms with Crippen molar-refractivity contribution in [3.05, 3.63) is 0 Å². The fraction of sp³-hybridized carbons (Fsp3) is 1.00. The van der Waals surface area contributed by atoms with Crippen LogP contribution in [0.25, 0.3) is 0 Å². The first-order valence-electron chi connectivity index (χ1n) is 4.41. The van der Waals surface area contributed by atoms with E-state index >= 15 is 0 Å². The summed E-state index contributed by atoms with van der Waals surface area (Å²) in [5, 5.41) is 0. The van der Waals surface area contributed by atoms with Crippen molar-refractivity contribution in [1.29, 1.82) is 0 Å². The van der Waals surface area contributed by atoms with Crippen LogP contribution in [0, 0.1) is 0 Å². The molecule has 0 N–H and O–H groups in total. The Labute approximate surface area is 92.6 Å². The summed E-state index contributed by atoms with van der Waals surface area (Å²) in [5.41, 5.74) is 0. The summed E-state index contributed by atoms with van der Waals surface area (Å²) in [6, 6.07) is 0. The van der Waals surface area contributed by atoms with Crippen molar-refractivity contribution in [3.8, 4) is 0 Å². The Morgan fingerprint density at radius 1 is 1.00 bits per heavy atom. The largest absolute Gasteiger partial charge is 0.0933 e. The lowest BCUT2D eigenvalue weighted by atomic mass is 10.6. The molecule has 0 aliphatic carbocycles. The molecule has 0 saturated carbocycles. The third-order valence-electron chi connectivity index (χ3n) is 1.09. The fourth-order valence-corrected chi connectivity index (χ4v) is 6.69. The van der Waals surface area contributed by atoms with E-state index in [2.05, 4.69) is 20.8 Å². The van der Waals surface area contributed by atoms with Gasteiger partial charge in [0, 0.05) is 11.5 Å². The molecule has 1 unspecified atom stereocenters. The minimum atomic E-state index is 0.784. The standard InChI is InChI=1S/C8H18S4/c1-4-7-10-12-8(5-2)11-9-6-3/h8H,4-7H2,1-3H3. The van der Waals surface area contributed by atoms with Crippen LogP contribution in [-0.4, -0.2) is 16.1 Å². The van der Waals surface area contributed by atoms with Crippen molar-refractivity contribution >= 4 is 43.2 Å². The molecule has 0 fully saturated rings. The minimum absolute atomic E-state index is 0.784. The minimum Gasteiger partial charge on any atom is -0.0933 e. The van der Waals surface area contributed by atoms with Gasteiger partial charge in [0.05, 0.1) is 4.58 Å². The van der Waals surface area contributed by atoms with E-state index in [1.54, 1.807) is 0 Å². The van der Waals surface area contributed by atoms with Gasteiger partial charge < -0.3 is 0 Å². The highest BCUT2D eigenvalue weighted by Gasteiger charge is 2.06. The molecule has 0 aromatic heterocycles. The highest BCUT2D eigenvalue weighted by molar-refractivity contribution is 8.85. The normalized spacial score (nSPS) is 13.2. The number of rotatable bonds is 8. The second-order valence-corrected chi connectivity index (χ2v) is 8.11. The summed E-state index contributed by atoms with van der Waals surface area (Å²) in [6.07, 6.45) is 2.57. The van der Waals surface area contributed by atoms with Gasteiger partial charge in [-0.05, 0) is 12.8 Å². The highest BCUT2D eigenvalue weighted by atomic mass is 33.1. The molecule has 1 atom stereocenters. The summed E-state index contributed by atoms with van der Waals surface area (Å²) in [6.45, 7) is 6.73. The van der Waals surface area contributed by atoms with Crippen molar-refractivity contribution in [2.24, 2.45) is 0 Å². The van der Waals surface area contributed by atoms with Gasteiger partial charge in [0.15, 0.2) is 0 Å². The second-order valence-electron chi connectivity index (χ2n) is 2.26. The van der Waals surface area contributed by atoms with E-state index in [1.165, 1.54) is 24.3 Å². The third-order valence-corrected chi connectivity index (χ3v) is 7.99. The first-order valence-corrected chi connectivity index (χ1v) is 9.18. The maximum absolute atomic E-state index is 2.27. The van der Waals surface area contributed by atoms with Crippen molar-refractivity contribution in [3.63, 3.8) is 0 Å². The van der Waals surface area contributed by atoms with E-state index in [1.807, 2.05) is 43.2 Å². The van der Waals surface area contributed by atoms with Crippen molar-refractivity contribution in [1.82, 2.24) is 0 Å². The summed E-state index contributed by atoms with van der Waals surface area (Å²) in [4.78, 5) is 0. The molecular formula is C8H18S4. The van der Waals surface area contributed by atoms with Gasteiger partial charge in [0.25, 0.3) is 0 Å². The Morgan fingerprint density at radius 3 is 2.17 bits per heavy atom. The molecule has 0 amide bonds. The van der Waals surface area contributed by atoms with Crippen LogP contribution in [-0.2, 0) is 0 Å². The lowest BCUT2D eigenvalue weighted by molar-refractivity contribution is 1.07. The van der Waals surface area contributed by atoms with Gasteiger partial charge in [-0.1, -0.05) is 63.9 Å². The van der Waals surface area contributed by atoms with E-state index in [-0.39, 0.29) is 0 Å². The summed E-state index contributed by atoms with van der Waals surface area (Å²) < 4.78 is 0.784. The van der Waals surface area contributed by atoms with Crippen LogP contribution < -0.4 is 0 Å². The zero-order valence-corrected chi connectivity index (χ0v) is 11.3. The summed E-state index contributed by atoms with van der Waals surface area (Å²) in [5.74, 6) is 2.51. The van der Waals surface area contributed by atoms with Gasteiger partial charge in [-0.3, -0.25) is 0 Å². The maximum atomic E-state index is 2.27. The van der Waals surface area contributed by atoms with Gasteiger partial charge in [-0.15, -0.1) is 0 Å². The molecule has 0 heterocycles. The molecule has 0 aromatic rings. The maximum Gasteiger partial charge on any atom is 0.0706 e. The topological polar surface area (TPSA) is 0 Å². The zero-order chi connectivity index (χ0) is 9.23. The molecule has 0 saturated heterocycles. The van der Waals surface area contributed by atoms with Gasteiger partial charge in [-0.25, -0.2) is 0 Å². The molecule has 0 aliphatic rings. The van der Waals surface area contributed by atoms with Crippen molar-refractivity contribution in [2.75, 3.05) is 11.5 Å². The molecule has 0 aliphatic heterocycles. The average Bonchev–Trinajstić information content (AvgIpc) is 2.11. The van der Waals surface area contributed by atoms with Crippen LogP contribution in [0.15, 0.2) is 0 Å². The molecule has 0 spiro atoms. The molecule has 0 radical (unpaired) electrons. The lowest BCUT2D eigenvalue weighted by Gasteiger charge is -2.11. The van der Waals surface area contributed by atoms with Crippen LogP contribution in [0.5, 0.6) is 0 Å². The lowest BCUT2D eigenvalue weighted by Crippen LogP contribution is -1.89. The molecule has 74 valence electrons. The third kappa shape index (κ3) is 8.02. The van der Waals surface area contributed by atoms with E-state index in [0.717, 1.165) is 4.58 Å². The van der Waals surface area contributed by atoms with Crippen molar-refractivity contribution < 1.29 is 0 Å². The van der Waals surface area contributed by atoms with E-state index in [4.69, 9.17) is 0 Å². The highest BCUT2D eigenvalue weighted by Crippen LogP contribution is 2.41. The Hall–Kier alpha value is 1.40. The molecule has 0 nitrogen and oxygen atoms in total. The molecule has 0 rings (SSSR count). The Balaban J connectivity index is 3.26. The van der Waals surface area contributed by atoms with Crippen LogP contribution in [0.1, 0.15) is 33.6 Å². The van der Waals surface area contributed by atoms with E-state index < -0.39 is 0 Å². The van der Waals surface area contributed by atoms with Crippen LogP contribution in [0.4, 0.5) is 0 Å². The van der Waals surface area contributed by atoms with Crippen molar-refractivity contribution in [2.45, 2.75) is 38.2 Å². The van der Waals surface area contributed by atoms with Gasteiger partial charge in [0.1, 0.15) is 0 Å². The second kappa shape index (κ2) is 10.5. The quantitative estimate of drug-likeness (QED) is 0.336. The molecule has 12 heavy (non-hydrogen) atoms. The van der Waals surface area contributed by atoms with Gasteiger partial charge in [-0.2, -0.15) is 0 Å². The monoisotopic (exact) mass is 242 g/mol. The van der Waals surface area contributed by atoms with Crippen LogP contribution in [0.3, 0.4) is 0 Å². The Kier molecular flexibility index (Phi) is 11.7. The first kappa shape index (κ1) is 13.4. The number of hydrogen-bond acceptors (Lipinski definition) is 4. The first-order chi connectivity index (χ1) is 5.85. The predicted octanol–water partition coefficient (Wildman–Crippen LogP) is 4.92. The number of hydrogen-bond donors (Lipinski definition) is 0. The summed E-state index contributed by atoms with van der Waals surface area (Å²) >= 11 is 0.